The molecule has 188 valence electrons. The van der Waals surface area contributed by atoms with Crippen LogP contribution < -0.4 is 15.0 Å². The minimum Gasteiger partial charge on any atom is -0.490 e. The van der Waals surface area contributed by atoms with Crippen molar-refractivity contribution in [3.63, 3.8) is 0 Å². The fourth-order valence-corrected chi connectivity index (χ4v) is 4.33. The summed E-state index contributed by atoms with van der Waals surface area (Å²) in [6.45, 7) is 1.97. The van der Waals surface area contributed by atoms with Crippen LogP contribution in [0, 0.1) is 14.9 Å². The van der Waals surface area contributed by atoms with Gasteiger partial charge in [0.2, 0.25) is 0 Å². The second-order valence-electron chi connectivity index (χ2n) is 7.60. The van der Waals surface area contributed by atoms with Gasteiger partial charge in [-0.05, 0) is 71.5 Å². The Morgan fingerprint density at radius 1 is 1.14 bits per heavy atom. The minimum atomic E-state index is -4.57. The first-order valence-corrected chi connectivity index (χ1v) is 12.0. The molecule has 4 aromatic rings. The van der Waals surface area contributed by atoms with E-state index < -0.39 is 17.3 Å². The Bertz CT molecular complexity index is 1590. The Labute approximate surface area is 222 Å². The number of hydrogen-bond acceptors (Lipinski definition) is 6. The topological polar surface area (TPSA) is 89.5 Å². The van der Waals surface area contributed by atoms with E-state index >= 15 is 0 Å². The van der Waals surface area contributed by atoms with Gasteiger partial charge in [-0.2, -0.15) is 28.2 Å². The van der Waals surface area contributed by atoms with Crippen LogP contribution in [-0.4, -0.2) is 29.1 Å². The van der Waals surface area contributed by atoms with Crippen molar-refractivity contribution < 1.29 is 22.6 Å². The normalized spacial score (nSPS) is 11.6. The molecule has 0 N–H and O–H groups in total. The van der Waals surface area contributed by atoms with Crippen molar-refractivity contribution in [3.8, 4) is 29.0 Å². The number of hydrogen-bond donors (Lipinski definition) is 0. The molecule has 0 aliphatic rings. The number of aromatic nitrogens is 2. The molecular formula is C26H18F3IN4O3. The van der Waals surface area contributed by atoms with Crippen LogP contribution in [0.25, 0.3) is 22.3 Å². The van der Waals surface area contributed by atoms with Crippen LogP contribution in [0.15, 0.2) is 70.6 Å². The van der Waals surface area contributed by atoms with E-state index in [1.807, 2.05) is 28.7 Å². The molecule has 0 aliphatic carbocycles. The SMILES string of the molecule is CCOc1cc(C=Nn2c(-c3cccc(C(F)(F)F)c3)nc3ccccc3c2=O)cc(I)c1OCC#N. The zero-order valence-corrected chi connectivity index (χ0v) is 21.4. The molecule has 7 nitrogen and oxygen atoms in total. The van der Waals surface area contributed by atoms with E-state index in [4.69, 9.17) is 14.7 Å². The zero-order chi connectivity index (χ0) is 26.6. The summed E-state index contributed by atoms with van der Waals surface area (Å²) < 4.78 is 52.9. The summed E-state index contributed by atoms with van der Waals surface area (Å²) in [5.74, 6) is 0.739. The van der Waals surface area contributed by atoms with Gasteiger partial charge >= 0.3 is 6.18 Å². The molecule has 37 heavy (non-hydrogen) atoms. The smallest absolute Gasteiger partial charge is 0.416 e. The predicted octanol–water partition coefficient (Wildman–Crippen LogP) is 5.87. The van der Waals surface area contributed by atoms with Crippen molar-refractivity contribution in [2.24, 2.45) is 5.10 Å². The molecule has 0 aliphatic heterocycles. The molecule has 0 unspecified atom stereocenters. The number of rotatable bonds is 7. The molecule has 1 heterocycles. The Balaban J connectivity index is 1.87. The van der Waals surface area contributed by atoms with E-state index in [9.17, 15) is 18.0 Å². The van der Waals surface area contributed by atoms with Gasteiger partial charge in [0.05, 0.1) is 32.9 Å². The number of halogens is 4. The van der Waals surface area contributed by atoms with Gasteiger partial charge in [-0.3, -0.25) is 4.79 Å². The van der Waals surface area contributed by atoms with Crippen molar-refractivity contribution in [3.05, 3.63) is 85.7 Å². The first kappa shape index (κ1) is 26.2. The third kappa shape index (κ3) is 5.75. The van der Waals surface area contributed by atoms with Crippen LogP contribution in [0.2, 0.25) is 0 Å². The molecule has 0 amide bonds. The van der Waals surface area contributed by atoms with E-state index in [0.29, 0.717) is 32.8 Å². The highest BCUT2D eigenvalue weighted by Gasteiger charge is 2.31. The highest BCUT2D eigenvalue weighted by molar-refractivity contribution is 14.1. The average Bonchev–Trinajstić information content (AvgIpc) is 2.87. The van der Waals surface area contributed by atoms with E-state index in [0.717, 1.165) is 16.8 Å². The molecule has 1 aromatic heterocycles. The van der Waals surface area contributed by atoms with E-state index in [1.165, 1.54) is 18.3 Å². The summed E-state index contributed by atoms with van der Waals surface area (Å²) in [5.41, 5.74) is -0.458. The van der Waals surface area contributed by atoms with E-state index in [-0.39, 0.29) is 23.4 Å². The van der Waals surface area contributed by atoms with Gasteiger partial charge in [0.1, 0.15) is 6.07 Å². The number of benzene rings is 3. The number of nitrogens with zero attached hydrogens (tertiary/aromatic N) is 4. The molecule has 0 spiro atoms. The van der Waals surface area contributed by atoms with Gasteiger partial charge in [-0.25, -0.2) is 4.98 Å². The average molecular weight is 618 g/mol. The Morgan fingerprint density at radius 3 is 2.65 bits per heavy atom. The van der Waals surface area contributed by atoms with Gasteiger partial charge in [-0.15, -0.1) is 0 Å². The summed E-state index contributed by atoms with van der Waals surface area (Å²) in [6, 6.07) is 16.4. The summed E-state index contributed by atoms with van der Waals surface area (Å²) in [7, 11) is 0. The predicted molar refractivity (Wildman–Crippen MR) is 141 cm³/mol. The van der Waals surface area contributed by atoms with Crippen LogP contribution in [-0.2, 0) is 6.18 Å². The van der Waals surface area contributed by atoms with Crippen LogP contribution in [0.1, 0.15) is 18.1 Å². The van der Waals surface area contributed by atoms with Crippen LogP contribution >= 0.6 is 22.6 Å². The van der Waals surface area contributed by atoms with Crippen molar-refractivity contribution in [1.29, 1.82) is 5.26 Å². The zero-order valence-electron chi connectivity index (χ0n) is 19.3. The standard InChI is InChI=1S/C26H18F3IN4O3/c1-2-36-22-13-16(12-20(30)23(22)37-11-10-31)15-32-34-24(17-6-5-7-18(14-17)26(27,28)29)33-21-9-4-3-8-19(21)25(34)35/h3-9,12-15H,2,11H2,1H3. The third-order valence-electron chi connectivity index (χ3n) is 5.14. The Kier molecular flexibility index (Phi) is 7.77. The van der Waals surface area contributed by atoms with Gasteiger partial charge in [0.25, 0.3) is 5.56 Å². The van der Waals surface area contributed by atoms with Crippen molar-refractivity contribution in [2.75, 3.05) is 13.2 Å². The quantitative estimate of drug-likeness (QED) is 0.191. The lowest BCUT2D eigenvalue weighted by Crippen LogP contribution is -2.20. The number of alkyl halides is 3. The largest absolute Gasteiger partial charge is 0.490 e. The Morgan fingerprint density at radius 2 is 1.92 bits per heavy atom. The second-order valence-corrected chi connectivity index (χ2v) is 8.76. The van der Waals surface area contributed by atoms with Crippen molar-refractivity contribution >= 4 is 39.7 Å². The summed E-state index contributed by atoms with van der Waals surface area (Å²) in [5, 5.41) is 13.4. The molecule has 4 rings (SSSR count). The first-order chi connectivity index (χ1) is 17.7. The number of ether oxygens (including phenoxy) is 2. The number of fused-ring (bicyclic) bond motifs is 1. The third-order valence-corrected chi connectivity index (χ3v) is 5.94. The van der Waals surface area contributed by atoms with E-state index in [2.05, 4.69) is 10.1 Å². The molecule has 0 atom stereocenters. The monoisotopic (exact) mass is 618 g/mol. The molecule has 0 fully saturated rings. The molecule has 0 radical (unpaired) electrons. The molecule has 0 saturated carbocycles. The molecule has 11 heteroatoms. The highest BCUT2D eigenvalue weighted by atomic mass is 127. The van der Waals surface area contributed by atoms with Gasteiger partial charge in [0, 0.05) is 5.56 Å². The molecule has 0 saturated heterocycles. The van der Waals surface area contributed by atoms with Gasteiger partial charge in [-0.1, -0.05) is 24.3 Å². The second kappa shape index (κ2) is 11.0. The first-order valence-electron chi connectivity index (χ1n) is 10.9. The fourth-order valence-electron chi connectivity index (χ4n) is 3.55. The maximum Gasteiger partial charge on any atom is 0.416 e. The fraction of sp³-hybridized carbons (Fsp3) is 0.154. The molecule has 0 bridgehead atoms. The van der Waals surface area contributed by atoms with Gasteiger partial charge in [0.15, 0.2) is 23.9 Å². The summed E-state index contributed by atoms with van der Waals surface area (Å²) in [4.78, 5) is 17.8. The summed E-state index contributed by atoms with van der Waals surface area (Å²) >= 11 is 2.03. The van der Waals surface area contributed by atoms with Crippen molar-refractivity contribution in [1.82, 2.24) is 9.66 Å². The minimum absolute atomic E-state index is 0.0419. The lowest BCUT2D eigenvalue weighted by atomic mass is 10.1. The van der Waals surface area contributed by atoms with Crippen LogP contribution in [0.4, 0.5) is 13.2 Å². The van der Waals surface area contributed by atoms with Crippen molar-refractivity contribution in [2.45, 2.75) is 13.1 Å². The Hall–Kier alpha value is -3.92. The van der Waals surface area contributed by atoms with Crippen LogP contribution in [0.5, 0.6) is 11.5 Å². The lowest BCUT2D eigenvalue weighted by Gasteiger charge is -2.13. The summed E-state index contributed by atoms with van der Waals surface area (Å²) in [6.07, 6.45) is -3.18. The lowest BCUT2D eigenvalue weighted by molar-refractivity contribution is -0.137. The van der Waals surface area contributed by atoms with Crippen LogP contribution in [0.3, 0.4) is 0 Å². The molecular weight excluding hydrogens is 600 g/mol. The number of nitriles is 1. The number of para-hydroxylation sites is 1. The van der Waals surface area contributed by atoms with E-state index in [1.54, 1.807) is 43.3 Å². The highest BCUT2D eigenvalue weighted by Crippen LogP contribution is 2.34. The molecule has 3 aromatic carbocycles. The maximum absolute atomic E-state index is 13.4. The maximum atomic E-state index is 13.4. The van der Waals surface area contributed by atoms with Gasteiger partial charge < -0.3 is 9.47 Å².